The van der Waals surface area contributed by atoms with Gasteiger partial charge in [0.2, 0.25) is 0 Å². The first-order valence-corrected chi connectivity index (χ1v) is 4.53. The van der Waals surface area contributed by atoms with Gasteiger partial charge < -0.3 is 4.74 Å². The highest BCUT2D eigenvalue weighted by atomic mass is 16.6. The second kappa shape index (κ2) is 2.71. The molecular weight excluding hydrogens is 160 g/mol. The molecule has 0 bridgehead atoms. The summed E-state index contributed by atoms with van der Waals surface area (Å²) in [7, 11) is 0. The highest BCUT2D eigenvalue weighted by molar-refractivity contribution is 5.65. The average molecular weight is 174 g/mol. The molecule has 1 unspecified atom stereocenters. The van der Waals surface area contributed by atoms with E-state index in [2.05, 4.69) is 31.7 Å². The van der Waals surface area contributed by atoms with Crippen LogP contribution >= 0.6 is 0 Å². The smallest absolute Gasteiger partial charge is 0.114 e. The van der Waals surface area contributed by atoms with Crippen molar-refractivity contribution < 1.29 is 4.74 Å². The normalized spacial score (nSPS) is 25.7. The quantitative estimate of drug-likeness (QED) is 0.628. The molecule has 0 spiro atoms. The summed E-state index contributed by atoms with van der Waals surface area (Å²) >= 11 is 0. The third-order valence-electron chi connectivity index (χ3n) is 2.53. The number of benzene rings is 1. The van der Waals surface area contributed by atoms with Gasteiger partial charge in [-0.15, -0.1) is 0 Å². The van der Waals surface area contributed by atoms with Crippen molar-refractivity contribution in [2.24, 2.45) is 0 Å². The van der Waals surface area contributed by atoms with Gasteiger partial charge in [0.15, 0.2) is 0 Å². The van der Waals surface area contributed by atoms with E-state index in [1.165, 1.54) is 11.1 Å². The summed E-state index contributed by atoms with van der Waals surface area (Å²) < 4.78 is 5.43. The molecule has 0 saturated carbocycles. The maximum absolute atomic E-state index is 5.43. The molecule has 13 heavy (non-hydrogen) atoms. The highest BCUT2D eigenvalue weighted by Crippen LogP contribution is 2.40. The molecule has 1 aromatic carbocycles. The molecule has 0 amide bonds. The summed E-state index contributed by atoms with van der Waals surface area (Å²) in [6.07, 6.45) is 0. The maximum atomic E-state index is 5.43. The Labute approximate surface area is 79.0 Å². The van der Waals surface area contributed by atoms with Gasteiger partial charge in [-0.3, -0.25) is 0 Å². The standard InChI is InChI=1S/C12H14O/c1-9(2)10-6-4-5-7-11(10)12(3)8-13-12/h4-7H,1,8H2,2-3H3. The fraction of sp³-hybridized carbons (Fsp3) is 0.333. The van der Waals surface area contributed by atoms with Crippen molar-refractivity contribution in [3.05, 3.63) is 42.0 Å². The Kier molecular flexibility index (Phi) is 1.77. The Bertz CT molecular complexity index is 348. The molecule has 0 N–H and O–H groups in total. The molecule has 1 heterocycles. The minimum atomic E-state index is -0.0461. The predicted molar refractivity (Wildman–Crippen MR) is 54.5 cm³/mol. The van der Waals surface area contributed by atoms with Crippen molar-refractivity contribution in [2.45, 2.75) is 19.4 Å². The summed E-state index contributed by atoms with van der Waals surface area (Å²) in [5.41, 5.74) is 3.55. The molecule has 68 valence electrons. The zero-order valence-corrected chi connectivity index (χ0v) is 8.13. The van der Waals surface area contributed by atoms with Crippen LogP contribution in [-0.2, 0) is 10.3 Å². The molecule has 1 aliphatic rings. The first-order chi connectivity index (χ1) is 6.13. The minimum absolute atomic E-state index is 0.0461. The van der Waals surface area contributed by atoms with Crippen LogP contribution in [0, 0.1) is 0 Å². The number of hydrogen-bond acceptors (Lipinski definition) is 1. The molecule has 1 fully saturated rings. The van der Waals surface area contributed by atoms with Crippen LogP contribution in [0.4, 0.5) is 0 Å². The average Bonchev–Trinajstić information content (AvgIpc) is 2.85. The molecule has 2 rings (SSSR count). The lowest BCUT2D eigenvalue weighted by Gasteiger charge is -2.11. The largest absolute Gasteiger partial charge is 0.365 e. The topological polar surface area (TPSA) is 12.5 Å². The number of hydrogen-bond donors (Lipinski definition) is 0. The van der Waals surface area contributed by atoms with Crippen LogP contribution < -0.4 is 0 Å². The van der Waals surface area contributed by atoms with Crippen molar-refractivity contribution in [2.75, 3.05) is 6.61 Å². The lowest BCUT2D eigenvalue weighted by Crippen LogP contribution is -2.05. The van der Waals surface area contributed by atoms with E-state index in [4.69, 9.17) is 4.74 Å². The second-order valence-electron chi connectivity index (χ2n) is 3.85. The van der Waals surface area contributed by atoms with E-state index in [1.807, 2.05) is 13.0 Å². The summed E-state index contributed by atoms with van der Waals surface area (Å²) in [5.74, 6) is 0. The van der Waals surface area contributed by atoms with E-state index in [-0.39, 0.29) is 5.60 Å². The molecule has 1 atom stereocenters. The van der Waals surface area contributed by atoms with Crippen molar-refractivity contribution in [1.29, 1.82) is 0 Å². The van der Waals surface area contributed by atoms with Crippen LogP contribution in [0.5, 0.6) is 0 Å². The zero-order valence-electron chi connectivity index (χ0n) is 8.13. The second-order valence-corrected chi connectivity index (χ2v) is 3.85. The molecule has 1 aliphatic heterocycles. The Morgan fingerprint density at radius 1 is 1.46 bits per heavy atom. The van der Waals surface area contributed by atoms with Gasteiger partial charge in [-0.05, 0) is 25.0 Å². The third kappa shape index (κ3) is 1.40. The first-order valence-electron chi connectivity index (χ1n) is 4.53. The first kappa shape index (κ1) is 8.52. The monoisotopic (exact) mass is 174 g/mol. The lowest BCUT2D eigenvalue weighted by atomic mass is 9.93. The van der Waals surface area contributed by atoms with E-state index in [1.54, 1.807) is 0 Å². The van der Waals surface area contributed by atoms with E-state index < -0.39 is 0 Å². The van der Waals surface area contributed by atoms with Crippen LogP contribution in [-0.4, -0.2) is 6.61 Å². The van der Waals surface area contributed by atoms with Crippen molar-refractivity contribution in [3.8, 4) is 0 Å². The van der Waals surface area contributed by atoms with Gasteiger partial charge in [-0.25, -0.2) is 0 Å². The van der Waals surface area contributed by atoms with Crippen LogP contribution in [0.2, 0.25) is 0 Å². The van der Waals surface area contributed by atoms with Gasteiger partial charge in [0.05, 0.1) is 6.61 Å². The molecule has 1 heteroatoms. The third-order valence-corrected chi connectivity index (χ3v) is 2.53. The number of epoxide rings is 1. The van der Waals surface area contributed by atoms with Gasteiger partial charge >= 0.3 is 0 Å². The Morgan fingerprint density at radius 2 is 2.08 bits per heavy atom. The van der Waals surface area contributed by atoms with Gasteiger partial charge in [-0.2, -0.15) is 0 Å². The van der Waals surface area contributed by atoms with E-state index in [0.717, 1.165) is 12.2 Å². The minimum Gasteiger partial charge on any atom is -0.365 e. The molecule has 1 aromatic rings. The SMILES string of the molecule is C=C(C)c1ccccc1C1(C)CO1. The predicted octanol–water partition coefficient (Wildman–Crippen LogP) is 2.97. The van der Waals surface area contributed by atoms with Gasteiger partial charge in [-0.1, -0.05) is 36.4 Å². The molecule has 0 aliphatic carbocycles. The summed E-state index contributed by atoms with van der Waals surface area (Å²) in [5, 5.41) is 0. The lowest BCUT2D eigenvalue weighted by molar-refractivity contribution is 0.329. The van der Waals surface area contributed by atoms with Crippen LogP contribution in [0.3, 0.4) is 0 Å². The molecule has 0 radical (unpaired) electrons. The maximum Gasteiger partial charge on any atom is 0.114 e. The van der Waals surface area contributed by atoms with Crippen molar-refractivity contribution in [3.63, 3.8) is 0 Å². The number of allylic oxidation sites excluding steroid dienone is 1. The Morgan fingerprint density at radius 3 is 2.62 bits per heavy atom. The molecule has 1 nitrogen and oxygen atoms in total. The van der Waals surface area contributed by atoms with Gasteiger partial charge in [0.25, 0.3) is 0 Å². The van der Waals surface area contributed by atoms with E-state index in [0.29, 0.717) is 0 Å². The van der Waals surface area contributed by atoms with Crippen LogP contribution in [0.15, 0.2) is 30.8 Å². The highest BCUT2D eigenvalue weighted by Gasteiger charge is 2.42. The number of rotatable bonds is 2. The summed E-state index contributed by atoms with van der Waals surface area (Å²) in [6, 6.07) is 8.32. The molecular formula is C12H14O. The fourth-order valence-corrected chi connectivity index (χ4v) is 1.58. The summed E-state index contributed by atoms with van der Waals surface area (Å²) in [4.78, 5) is 0. The fourth-order valence-electron chi connectivity index (χ4n) is 1.58. The van der Waals surface area contributed by atoms with Gasteiger partial charge in [0.1, 0.15) is 5.60 Å². The summed E-state index contributed by atoms with van der Waals surface area (Å²) in [6.45, 7) is 8.95. The number of ether oxygens (including phenoxy) is 1. The van der Waals surface area contributed by atoms with Gasteiger partial charge in [0, 0.05) is 0 Å². The van der Waals surface area contributed by atoms with E-state index in [9.17, 15) is 0 Å². The molecule has 0 aromatic heterocycles. The Balaban J connectivity index is 2.50. The molecule has 1 saturated heterocycles. The van der Waals surface area contributed by atoms with Crippen LogP contribution in [0.1, 0.15) is 25.0 Å². The van der Waals surface area contributed by atoms with Crippen molar-refractivity contribution >= 4 is 5.57 Å². The zero-order chi connectivity index (χ0) is 9.47. The van der Waals surface area contributed by atoms with Crippen LogP contribution in [0.25, 0.3) is 5.57 Å². The van der Waals surface area contributed by atoms with E-state index >= 15 is 0 Å². The Hall–Kier alpha value is -1.08. The van der Waals surface area contributed by atoms with Crippen molar-refractivity contribution in [1.82, 2.24) is 0 Å².